The molecule has 3 rings (SSSR count). The monoisotopic (exact) mass is 315 g/mol. The zero-order valence-corrected chi connectivity index (χ0v) is 13.2. The Balaban J connectivity index is 1.81. The molecule has 2 N–H and O–H groups in total. The predicted octanol–water partition coefficient (Wildman–Crippen LogP) is 3.28. The first kappa shape index (κ1) is 15.7. The smallest absolute Gasteiger partial charge is 0.341 e. The molecule has 0 aliphatic heterocycles. The molecule has 0 spiro atoms. The molecule has 0 aromatic carbocycles. The molecule has 0 amide bonds. The SMILES string of the molecule is CC(NCC1CCCC1)c1onc(-c2cccnc2)c1C(=O)O. The van der Waals surface area contributed by atoms with Gasteiger partial charge in [-0.05, 0) is 44.4 Å². The highest BCUT2D eigenvalue weighted by molar-refractivity contribution is 5.95. The van der Waals surface area contributed by atoms with Crippen molar-refractivity contribution in [1.29, 1.82) is 0 Å². The summed E-state index contributed by atoms with van der Waals surface area (Å²) in [6, 6.07) is 3.33. The Morgan fingerprint density at radius 2 is 2.26 bits per heavy atom. The molecule has 1 saturated carbocycles. The lowest BCUT2D eigenvalue weighted by atomic mass is 10.0. The van der Waals surface area contributed by atoms with Gasteiger partial charge in [0, 0.05) is 18.0 Å². The van der Waals surface area contributed by atoms with E-state index in [0.29, 0.717) is 22.9 Å². The van der Waals surface area contributed by atoms with Gasteiger partial charge in [0.15, 0.2) is 5.76 Å². The number of hydrogen-bond donors (Lipinski definition) is 2. The van der Waals surface area contributed by atoms with E-state index < -0.39 is 5.97 Å². The van der Waals surface area contributed by atoms with Crippen LogP contribution in [0.1, 0.15) is 54.8 Å². The van der Waals surface area contributed by atoms with Crippen LogP contribution in [0.2, 0.25) is 0 Å². The van der Waals surface area contributed by atoms with Crippen LogP contribution < -0.4 is 5.32 Å². The van der Waals surface area contributed by atoms with Crippen LogP contribution in [0, 0.1) is 5.92 Å². The van der Waals surface area contributed by atoms with E-state index >= 15 is 0 Å². The van der Waals surface area contributed by atoms with Gasteiger partial charge in [0.25, 0.3) is 0 Å². The number of nitrogens with zero attached hydrogens (tertiary/aromatic N) is 2. The first-order chi connectivity index (χ1) is 11.2. The molecule has 0 bridgehead atoms. The molecule has 1 fully saturated rings. The fraction of sp³-hybridized carbons (Fsp3) is 0.471. The van der Waals surface area contributed by atoms with Crippen molar-refractivity contribution in [3.63, 3.8) is 0 Å². The lowest BCUT2D eigenvalue weighted by Gasteiger charge is -2.15. The largest absolute Gasteiger partial charge is 0.477 e. The lowest BCUT2D eigenvalue weighted by Crippen LogP contribution is -2.25. The average Bonchev–Trinajstić information content (AvgIpc) is 3.22. The summed E-state index contributed by atoms with van der Waals surface area (Å²) in [5.41, 5.74) is 1.09. The third-order valence-electron chi connectivity index (χ3n) is 4.45. The molecule has 6 heteroatoms. The van der Waals surface area contributed by atoms with Crippen LogP contribution in [-0.4, -0.2) is 27.8 Å². The molecular formula is C17H21N3O3. The fourth-order valence-corrected chi connectivity index (χ4v) is 3.16. The van der Waals surface area contributed by atoms with Crippen molar-refractivity contribution in [2.75, 3.05) is 6.54 Å². The number of aromatic nitrogens is 2. The van der Waals surface area contributed by atoms with Crippen LogP contribution in [0.3, 0.4) is 0 Å². The van der Waals surface area contributed by atoms with E-state index in [1.165, 1.54) is 25.7 Å². The second-order valence-corrected chi connectivity index (χ2v) is 6.10. The van der Waals surface area contributed by atoms with Crippen LogP contribution in [-0.2, 0) is 0 Å². The third kappa shape index (κ3) is 3.42. The van der Waals surface area contributed by atoms with Gasteiger partial charge in [0.05, 0.1) is 6.04 Å². The summed E-state index contributed by atoms with van der Waals surface area (Å²) in [7, 11) is 0. The van der Waals surface area contributed by atoms with Crippen molar-refractivity contribution in [3.8, 4) is 11.3 Å². The average molecular weight is 315 g/mol. The molecule has 2 aromatic rings. The molecule has 6 nitrogen and oxygen atoms in total. The van der Waals surface area contributed by atoms with E-state index in [0.717, 1.165) is 6.54 Å². The summed E-state index contributed by atoms with van der Waals surface area (Å²) >= 11 is 0. The summed E-state index contributed by atoms with van der Waals surface area (Å²) in [5.74, 6) is 0.00964. The molecule has 2 aromatic heterocycles. The molecule has 122 valence electrons. The highest BCUT2D eigenvalue weighted by Gasteiger charge is 2.27. The number of carbonyl (C=O) groups is 1. The van der Waals surface area contributed by atoms with Gasteiger partial charge in [-0.2, -0.15) is 0 Å². The number of hydrogen-bond acceptors (Lipinski definition) is 5. The highest BCUT2D eigenvalue weighted by Crippen LogP contribution is 2.29. The van der Waals surface area contributed by atoms with E-state index in [1.54, 1.807) is 24.5 Å². The van der Waals surface area contributed by atoms with E-state index in [2.05, 4.69) is 15.5 Å². The van der Waals surface area contributed by atoms with Crippen molar-refractivity contribution in [1.82, 2.24) is 15.5 Å². The zero-order valence-electron chi connectivity index (χ0n) is 13.2. The summed E-state index contributed by atoms with van der Waals surface area (Å²) in [5, 5.41) is 16.9. The number of nitrogens with one attached hydrogen (secondary N) is 1. The zero-order chi connectivity index (χ0) is 16.2. The molecule has 1 atom stereocenters. The Morgan fingerprint density at radius 1 is 1.48 bits per heavy atom. The normalized spacial score (nSPS) is 16.6. The van der Waals surface area contributed by atoms with Gasteiger partial charge in [-0.1, -0.05) is 18.0 Å². The molecule has 23 heavy (non-hydrogen) atoms. The van der Waals surface area contributed by atoms with Crippen molar-refractivity contribution >= 4 is 5.97 Å². The predicted molar refractivity (Wildman–Crippen MR) is 85.1 cm³/mol. The van der Waals surface area contributed by atoms with Crippen LogP contribution >= 0.6 is 0 Å². The van der Waals surface area contributed by atoms with Gasteiger partial charge in [-0.15, -0.1) is 0 Å². The van der Waals surface area contributed by atoms with Crippen LogP contribution in [0.5, 0.6) is 0 Å². The molecule has 2 heterocycles. The van der Waals surface area contributed by atoms with E-state index in [9.17, 15) is 9.90 Å². The molecule has 1 unspecified atom stereocenters. The molecule has 1 aliphatic carbocycles. The lowest BCUT2D eigenvalue weighted by molar-refractivity contribution is 0.0694. The van der Waals surface area contributed by atoms with Gasteiger partial charge < -0.3 is 14.9 Å². The fourth-order valence-electron chi connectivity index (χ4n) is 3.16. The maximum Gasteiger partial charge on any atom is 0.341 e. The summed E-state index contributed by atoms with van der Waals surface area (Å²) < 4.78 is 5.37. The molecule has 0 saturated heterocycles. The van der Waals surface area contributed by atoms with E-state index in [1.807, 2.05) is 6.92 Å². The number of aromatic carboxylic acids is 1. The topological polar surface area (TPSA) is 88.3 Å². The minimum Gasteiger partial charge on any atom is -0.477 e. The van der Waals surface area contributed by atoms with Gasteiger partial charge >= 0.3 is 5.97 Å². The summed E-state index contributed by atoms with van der Waals surface area (Å²) in [6.45, 7) is 2.79. The Hall–Kier alpha value is -2.21. The first-order valence-corrected chi connectivity index (χ1v) is 8.03. The summed E-state index contributed by atoms with van der Waals surface area (Å²) in [4.78, 5) is 15.7. The van der Waals surface area contributed by atoms with Gasteiger partial charge in [0.2, 0.25) is 0 Å². The molecule has 0 radical (unpaired) electrons. The Kier molecular flexibility index (Phi) is 4.71. The number of carboxylic acids is 1. The Bertz CT molecular complexity index is 663. The summed E-state index contributed by atoms with van der Waals surface area (Å²) in [6.07, 6.45) is 8.27. The van der Waals surface area contributed by atoms with Gasteiger partial charge in [-0.3, -0.25) is 4.98 Å². The van der Waals surface area contributed by atoms with Crippen molar-refractivity contribution in [3.05, 3.63) is 35.9 Å². The van der Waals surface area contributed by atoms with Gasteiger partial charge in [-0.25, -0.2) is 4.79 Å². The second-order valence-electron chi connectivity index (χ2n) is 6.10. The number of carboxylic acid groups (broad SMARTS) is 1. The standard InChI is InChI=1S/C17H21N3O3/c1-11(19-9-12-5-2-3-6-12)16-14(17(21)22)15(20-23-16)13-7-4-8-18-10-13/h4,7-8,10-12,19H,2-3,5-6,9H2,1H3,(H,21,22). The highest BCUT2D eigenvalue weighted by atomic mass is 16.5. The van der Waals surface area contributed by atoms with Gasteiger partial charge in [0.1, 0.15) is 11.3 Å². The van der Waals surface area contributed by atoms with E-state index in [-0.39, 0.29) is 11.6 Å². The van der Waals surface area contributed by atoms with Crippen molar-refractivity contribution < 1.29 is 14.4 Å². The molecular weight excluding hydrogens is 294 g/mol. The maximum absolute atomic E-state index is 11.7. The molecule has 1 aliphatic rings. The van der Waals surface area contributed by atoms with Crippen molar-refractivity contribution in [2.24, 2.45) is 5.92 Å². The minimum atomic E-state index is -1.03. The van der Waals surface area contributed by atoms with Crippen LogP contribution in [0.4, 0.5) is 0 Å². The third-order valence-corrected chi connectivity index (χ3v) is 4.45. The maximum atomic E-state index is 11.7. The number of pyridine rings is 1. The minimum absolute atomic E-state index is 0.115. The first-order valence-electron chi connectivity index (χ1n) is 8.03. The van der Waals surface area contributed by atoms with E-state index in [4.69, 9.17) is 4.52 Å². The van der Waals surface area contributed by atoms with Crippen LogP contribution in [0.15, 0.2) is 29.0 Å². The number of rotatable bonds is 6. The van der Waals surface area contributed by atoms with Crippen LogP contribution in [0.25, 0.3) is 11.3 Å². The Morgan fingerprint density at radius 3 is 2.91 bits per heavy atom. The second kappa shape index (κ2) is 6.91. The van der Waals surface area contributed by atoms with Crippen molar-refractivity contribution in [2.45, 2.75) is 38.6 Å². The quantitative estimate of drug-likeness (QED) is 0.850. The Labute approximate surface area is 134 Å².